The van der Waals surface area contributed by atoms with Crippen LogP contribution in [0.1, 0.15) is 11.4 Å². The number of aliphatic carboxylic acids is 1. The molecule has 19 heavy (non-hydrogen) atoms. The van der Waals surface area contributed by atoms with E-state index in [0.717, 1.165) is 0 Å². The van der Waals surface area contributed by atoms with Gasteiger partial charge in [0.15, 0.2) is 0 Å². The van der Waals surface area contributed by atoms with Crippen molar-refractivity contribution < 1.29 is 23.1 Å². The molecule has 0 saturated carbocycles. The molecule has 0 radical (unpaired) electrons. The molecule has 0 aliphatic carbocycles. The summed E-state index contributed by atoms with van der Waals surface area (Å²) in [5.41, 5.74) is 6.25. The maximum Gasteiger partial charge on any atom is 0.449 e. The zero-order valence-electron chi connectivity index (χ0n) is 9.53. The number of H-pyrrole nitrogens is 1. The summed E-state index contributed by atoms with van der Waals surface area (Å²) in [7, 11) is 0. The molecule has 102 valence electrons. The predicted molar refractivity (Wildman–Crippen MR) is 60.4 cm³/mol. The van der Waals surface area contributed by atoms with Crippen LogP contribution in [-0.2, 0) is 17.4 Å². The number of aromatic nitrogens is 2. The van der Waals surface area contributed by atoms with Gasteiger partial charge in [0.05, 0.1) is 11.0 Å². The van der Waals surface area contributed by atoms with Crippen LogP contribution >= 0.6 is 0 Å². The number of carboxylic acid groups (broad SMARTS) is 1. The highest BCUT2D eigenvalue weighted by molar-refractivity contribution is 5.77. The molecule has 1 heterocycles. The van der Waals surface area contributed by atoms with Crippen molar-refractivity contribution in [2.24, 2.45) is 5.73 Å². The number of hydrogen-bond donors (Lipinski definition) is 3. The van der Waals surface area contributed by atoms with E-state index in [0.29, 0.717) is 5.56 Å². The van der Waals surface area contributed by atoms with Crippen molar-refractivity contribution in [3.63, 3.8) is 0 Å². The highest BCUT2D eigenvalue weighted by atomic mass is 19.4. The molecule has 0 saturated heterocycles. The highest BCUT2D eigenvalue weighted by Gasteiger charge is 2.34. The van der Waals surface area contributed by atoms with Crippen LogP contribution in [-0.4, -0.2) is 27.1 Å². The van der Waals surface area contributed by atoms with E-state index in [4.69, 9.17) is 10.8 Å². The van der Waals surface area contributed by atoms with Gasteiger partial charge in [0, 0.05) is 0 Å². The third-order valence-electron chi connectivity index (χ3n) is 2.59. The fourth-order valence-corrected chi connectivity index (χ4v) is 1.66. The summed E-state index contributed by atoms with van der Waals surface area (Å²) < 4.78 is 37.4. The van der Waals surface area contributed by atoms with E-state index in [2.05, 4.69) is 9.97 Å². The molecule has 0 aliphatic rings. The zero-order chi connectivity index (χ0) is 14.2. The molecule has 0 spiro atoms. The molecule has 1 aromatic carbocycles. The van der Waals surface area contributed by atoms with Crippen molar-refractivity contribution in [3.05, 3.63) is 29.6 Å². The van der Waals surface area contributed by atoms with E-state index in [1.807, 2.05) is 0 Å². The Morgan fingerprint density at radius 2 is 2.16 bits per heavy atom. The van der Waals surface area contributed by atoms with Gasteiger partial charge in [0.25, 0.3) is 0 Å². The normalized spacial score (nSPS) is 13.7. The second-order valence-corrected chi connectivity index (χ2v) is 4.08. The van der Waals surface area contributed by atoms with E-state index in [1.54, 1.807) is 0 Å². The van der Waals surface area contributed by atoms with Gasteiger partial charge in [-0.15, -0.1) is 0 Å². The molecular formula is C11H10F3N3O2. The monoisotopic (exact) mass is 273 g/mol. The van der Waals surface area contributed by atoms with E-state index in [9.17, 15) is 18.0 Å². The number of nitrogens with zero attached hydrogens (tertiary/aromatic N) is 1. The zero-order valence-corrected chi connectivity index (χ0v) is 9.53. The topological polar surface area (TPSA) is 92.0 Å². The molecule has 8 heteroatoms. The van der Waals surface area contributed by atoms with Crippen molar-refractivity contribution in [1.82, 2.24) is 9.97 Å². The van der Waals surface area contributed by atoms with Gasteiger partial charge in [-0.25, -0.2) is 4.98 Å². The van der Waals surface area contributed by atoms with E-state index in [-0.39, 0.29) is 17.5 Å². The molecule has 0 bridgehead atoms. The van der Waals surface area contributed by atoms with Crippen LogP contribution in [0, 0.1) is 0 Å². The number of carboxylic acids is 1. The third kappa shape index (κ3) is 2.84. The Kier molecular flexibility index (Phi) is 3.19. The standard InChI is InChI=1S/C11H10F3N3O2/c12-11(13,14)10-16-7-2-1-5(4-8(7)17-10)3-6(15)9(18)19/h1-2,4,6H,3,15H2,(H,16,17)(H,18,19)/t6-/m1/s1. The molecule has 2 rings (SSSR count). The largest absolute Gasteiger partial charge is 0.480 e. The molecule has 4 N–H and O–H groups in total. The minimum Gasteiger partial charge on any atom is -0.480 e. The first-order chi connectivity index (χ1) is 8.77. The Labute approximate surface area is 105 Å². The number of aromatic amines is 1. The van der Waals surface area contributed by atoms with Gasteiger partial charge in [0.2, 0.25) is 5.82 Å². The summed E-state index contributed by atoms with van der Waals surface area (Å²) in [5.74, 6) is -2.25. The molecule has 0 amide bonds. The Balaban J connectivity index is 2.33. The Bertz CT molecular complexity index is 621. The lowest BCUT2D eigenvalue weighted by atomic mass is 10.1. The Morgan fingerprint density at radius 1 is 1.47 bits per heavy atom. The van der Waals surface area contributed by atoms with Gasteiger partial charge in [-0.2, -0.15) is 13.2 Å². The van der Waals surface area contributed by atoms with E-state index >= 15 is 0 Å². The molecule has 1 atom stereocenters. The number of hydrogen-bond acceptors (Lipinski definition) is 3. The van der Waals surface area contributed by atoms with Gasteiger partial charge in [-0.3, -0.25) is 4.79 Å². The summed E-state index contributed by atoms with van der Waals surface area (Å²) >= 11 is 0. The number of nitrogens with two attached hydrogens (primary N) is 1. The average molecular weight is 273 g/mol. The van der Waals surface area contributed by atoms with Gasteiger partial charge < -0.3 is 15.8 Å². The summed E-state index contributed by atoms with van der Waals surface area (Å²) in [6, 6.07) is 3.22. The third-order valence-corrected chi connectivity index (χ3v) is 2.59. The van der Waals surface area contributed by atoms with Crippen molar-refractivity contribution >= 4 is 17.0 Å². The highest BCUT2D eigenvalue weighted by Crippen LogP contribution is 2.28. The summed E-state index contributed by atoms with van der Waals surface area (Å²) in [6.07, 6.45) is -4.51. The first-order valence-electron chi connectivity index (χ1n) is 5.31. The van der Waals surface area contributed by atoms with Gasteiger partial charge >= 0.3 is 12.1 Å². The van der Waals surface area contributed by atoms with Gasteiger partial charge in [-0.05, 0) is 24.1 Å². The van der Waals surface area contributed by atoms with Crippen LogP contribution in [0.4, 0.5) is 13.2 Å². The van der Waals surface area contributed by atoms with E-state index in [1.165, 1.54) is 18.2 Å². The molecule has 0 unspecified atom stereocenters. The SMILES string of the molecule is N[C@H](Cc1ccc2nc(C(F)(F)F)[nH]c2c1)C(=O)O. The van der Waals surface area contributed by atoms with Gasteiger partial charge in [-0.1, -0.05) is 6.07 Å². The maximum atomic E-state index is 12.5. The fraction of sp³-hybridized carbons (Fsp3) is 0.273. The van der Waals surface area contributed by atoms with Crippen LogP contribution in [0.25, 0.3) is 11.0 Å². The second kappa shape index (κ2) is 4.54. The summed E-state index contributed by atoms with van der Waals surface area (Å²) in [5, 5.41) is 8.67. The minimum absolute atomic E-state index is 0.0334. The van der Waals surface area contributed by atoms with E-state index < -0.39 is 24.0 Å². The number of imidazole rings is 1. The lowest BCUT2D eigenvalue weighted by Crippen LogP contribution is -2.32. The number of halogens is 3. The molecule has 2 aromatic rings. The first kappa shape index (κ1) is 13.3. The average Bonchev–Trinajstić information content (AvgIpc) is 2.71. The Hall–Kier alpha value is -2.09. The van der Waals surface area contributed by atoms with Gasteiger partial charge in [0.1, 0.15) is 6.04 Å². The van der Waals surface area contributed by atoms with Crippen molar-refractivity contribution in [2.75, 3.05) is 0 Å². The molecule has 1 aromatic heterocycles. The van der Waals surface area contributed by atoms with Crippen molar-refractivity contribution in [1.29, 1.82) is 0 Å². The summed E-state index contributed by atoms with van der Waals surface area (Å²) in [4.78, 5) is 16.2. The van der Waals surface area contributed by atoms with Crippen LogP contribution < -0.4 is 5.73 Å². The summed E-state index contributed by atoms with van der Waals surface area (Å²) in [6.45, 7) is 0. The Morgan fingerprint density at radius 3 is 2.74 bits per heavy atom. The van der Waals surface area contributed by atoms with Crippen LogP contribution in [0.3, 0.4) is 0 Å². The first-order valence-corrected chi connectivity index (χ1v) is 5.31. The molecule has 0 aliphatic heterocycles. The van der Waals surface area contributed by atoms with Crippen LogP contribution in [0.15, 0.2) is 18.2 Å². The van der Waals surface area contributed by atoms with Crippen LogP contribution in [0.5, 0.6) is 0 Å². The smallest absolute Gasteiger partial charge is 0.449 e. The number of carbonyl (C=O) groups is 1. The van der Waals surface area contributed by atoms with Crippen molar-refractivity contribution in [3.8, 4) is 0 Å². The van der Waals surface area contributed by atoms with Crippen LogP contribution in [0.2, 0.25) is 0 Å². The second-order valence-electron chi connectivity index (χ2n) is 4.08. The molecular weight excluding hydrogens is 263 g/mol. The number of fused-ring (bicyclic) bond motifs is 1. The number of rotatable bonds is 3. The molecule has 5 nitrogen and oxygen atoms in total. The fourth-order valence-electron chi connectivity index (χ4n) is 1.66. The number of benzene rings is 1. The number of alkyl halides is 3. The molecule has 0 fully saturated rings. The predicted octanol–water partition coefficient (Wildman–Crippen LogP) is 1.54. The quantitative estimate of drug-likeness (QED) is 0.790. The number of nitrogens with one attached hydrogen (secondary N) is 1. The maximum absolute atomic E-state index is 12.5. The minimum atomic E-state index is -4.54. The lowest BCUT2D eigenvalue weighted by Gasteiger charge is -2.05. The van der Waals surface area contributed by atoms with Crippen molar-refractivity contribution in [2.45, 2.75) is 18.6 Å². The lowest BCUT2D eigenvalue weighted by molar-refractivity contribution is -0.144.